The number of halogens is 1. The van der Waals surface area contributed by atoms with Crippen molar-refractivity contribution in [2.45, 2.75) is 217 Å². The number of cyclic esters (lactones) is 1. The van der Waals surface area contributed by atoms with Crippen LogP contribution in [0.15, 0.2) is 30.5 Å². The van der Waals surface area contributed by atoms with Crippen LogP contribution in [0.1, 0.15) is 130 Å². The van der Waals surface area contributed by atoms with Gasteiger partial charge in [0.2, 0.25) is 0 Å². The Hall–Kier alpha value is -2.81. The molecule has 20 nitrogen and oxygen atoms in total. The third kappa shape index (κ3) is 16.2. The number of hydrogen-bond acceptors (Lipinski definition) is 19. The Labute approximate surface area is 457 Å². The van der Waals surface area contributed by atoms with E-state index in [1.807, 2.05) is 62.0 Å². The second kappa shape index (κ2) is 27.3. The highest BCUT2D eigenvalue weighted by Crippen LogP contribution is 2.41. The summed E-state index contributed by atoms with van der Waals surface area (Å²) in [6.45, 7) is 17.4. The number of esters is 1. The van der Waals surface area contributed by atoms with Crippen LogP contribution in [0.2, 0.25) is 0 Å². The molecule has 77 heavy (non-hydrogen) atoms. The molecular formula is C55H94FN5O15S. The van der Waals surface area contributed by atoms with Crippen LogP contribution < -0.4 is 0 Å². The summed E-state index contributed by atoms with van der Waals surface area (Å²) >= 11 is 0. The molecule has 0 radical (unpaired) electrons. The van der Waals surface area contributed by atoms with Crippen molar-refractivity contribution in [3.8, 4) is 0 Å². The molecule has 0 aliphatic carbocycles. The Balaban J connectivity index is 1.41. The maximum absolute atomic E-state index is 14.9. The van der Waals surface area contributed by atoms with E-state index in [0.717, 1.165) is 11.1 Å². The SMILES string of the molecule is CC[C@H]1OC(=O)[C@H](C)[C@@H](O[C@H]2C[C@@](C)(OC)[C@@H](O)[C@H](C)O2)[C@H](C)[C@@H](O[C@@H]2O[C@H](C)C[C@H](N(C)CCc3cn([C@H](CF)[C@H](OC)c4ccc(CCCS(C)(=O)=O)cc4)nn3)[C@H]2O)[C@](C)(O)C[C@@H](C)CN(C)[C@H](C)[C@@H](O)[C@]1(C)O. The summed E-state index contributed by atoms with van der Waals surface area (Å²) in [5.41, 5.74) is -2.35. The Bertz CT molecular complexity index is 2260. The number of benzene rings is 1. The molecule has 22 heteroatoms. The number of aryl methyl sites for hydroxylation is 1. The molecule has 20 atom stereocenters. The van der Waals surface area contributed by atoms with Crippen molar-refractivity contribution in [3.05, 3.63) is 47.3 Å². The van der Waals surface area contributed by atoms with Crippen molar-refractivity contribution in [3.63, 3.8) is 0 Å². The van der Waals surface area contributed by atoms with Crippen molar-refractivity contribution in [1.82, 2.24) is 24.8 Å². The average molecular weight is 1120 g/mol. The lowest BCUT2D eigenvalue weighted by Gasteiger charge is -2.49. The lowest BCUT2D eigenvalue weighted by molar-refractivity contribution is -0.318. The third-order valence-electron chi connectivity index (χ3n) is 16.8. The molecule has 1 aromatic carbocycles. The predicted molar refractivity (Wildman–Crippen MR) is 286 cm³/mol. The zero-order valence-electron chi connectivity index (χ0n) is 48.3. The van der Waals surface area contributed by atoms with Crippen molar-refractivity contribution >= 4 is 15.8 Å². The van der Waals surface area contributed by atoms with E-state index in [1.165, 1.54) is 32.1 Å². The second-order valence-electron chi connectivity index (χ2n) is 23.5. The summed E-state index contributed by atoms with van der Waals surface area (Å²) in [6, 6.07) is 5.54. The molecule has 0 saturated carbocycles. The molecule has 3 aliphatic heterocycles. The molecular weight excluding hydrogens is 1020 g/mol. The summed E-state index contributed by atoms with van der Waals surface area (Å²) in [5.74, 6) is -2.83. The molecule has 0 spiro atoms. The summed E-state index contributed by atoms with van der Waals surface area (Å²) in [7, 11) is 3.62. The minimum absolute atomic E-state index is 0.0748. The first-order chi connectivity index (χ1) is 35.9. The monoisotopic (exact) mass is 1120 g/mol. The largest absolute Gasteiger partial charge is 0.459 e. The van der Waals surface area contributed by atoms with Gasteiger partial charge in [0.1, 0.15) is 58.7 Å². The van der Waals surface area contributed by atoms with E-state index in [1.54, 1.807) is 54.7 Å². The van der Waals surface area contributed by atoms with Gasteiger partial charge in [-0.2, -0.15) is 0 Å². The molecule has 5 rings (SSSR count). The van der Waals surface area contributed by atoms with Crippen LogP contribution >= 0.6 is 0 Å². The van der Waals surface area contributed by atoms with Gasteiger partial charge in [-0.25, -0.2) is 17.5 Å². The van der Waals surface area contributed by atoms with Gasteiger partial charge >= 0.3 is 5.97 Å². The van der Waals surface area contributed by atoms with E-state index in [-0.39, 0.29) is 30.9 Å². The predicted octanol–water partition coefficient (Wildman–Crippen LogP) is 3.98. The summed E-state index contributed by atoms with van der Waals surface area (Å²) in [5, 5.41) is 68.5. The van der Waals surface area contributed by atoms with Gasteiger partial charge in [-0.1, -0.05) is 50.3 Å². The highest BCUT2D eigenvalue weighted by Gasteiger charge is 2.53. The van der Waals surface area contributed by atoms with E-state index in [2.05, 4.69) is 10.3 Å². The molecule has 3 saturated heterocycles. The Morgan fingerprint density at radius 3 is 2.22 bits per heavy atom. The number of carbonyl (C=O) groups excluding carboxylic acids is 1. The number of likely N-dealkylation sites (N-methyl/N-ethyl adjacent to an activating group) is 2. The Morgan fingerprint density at radius 1 is 0.961 bits per heavy atom. The van der Waals surface area contributed by atoms with E-state index in [9.17, 15) is 43.1 Å². The minimum atomic E-state index is -3.07. The number of nitrogens with zero attached hydrogens (tertiary/aromatic N) is 5. The van der Waals surface area contributed by atoms with Gasteiger partial charge in [-0.3, -0.25) is 4.79 Å². The molecule has 442 valence electrons. The second-order valence-corrected chi connectivity index (χ2v) is 25.7. The number of aliphatic hydroxyl groups excluding tert-OH is 3. The number of sulfone groups is 1. The molecule has 0 unspecified atom stereocenters. The quantitative estimate of drug-likeness (QED) is 0.125. The van der Waals surface area contributed by atoms with E-state index >= 15 is 0 Å². The van der Waals surface area contributed by atoms with Gasteiger partial charge < -0.3 is 68.5 Å². The van der Waals surface area contributed by atoms with Crippen LogP contribution in [0.25, 0.3) is 0 Å². The summed E-state index contributed by atoms with van der Waals surface area (Å²) in [4.78, 5) is 18.4. The standard InChI is InChI=1S/C55H94FN5O15S/c1-16-43-55(10,67)48(63)36(6)60(12)30-32(2)27-53(8,66)50(34(4)46(35(5)51(65)74-43)75-44-28-54(9,71-14)49(64)37(7)73-44)76-52-45(62)41(26-33(3)72-52)59(11)24-23-40-31-61(58-57-40)42(29-56)47(70-13)39-21-19-38(20-22-39)18-17-25-77(15,68)69/h19-22,31-37,41-50,52,62-64,66-67H,16-18,23-30H2,1-15H3/t32-,33-,34+,35-,36-,37+,41+,42-,43-,44+,45-,46+,47-,48-,49+,50-,52+,53-,54-,55-/m1/s1. The molecule has 0 amide bonds. The molecule has 0 bridgehead atoms. The third-order valence-corrected chi connectivity index (χ3v) is 17.8. The fourth-order valence-corrected chi connectivity index (χ4v) is 12.6. The van der Waals surface area contributed by atoms with Crippen LogP contribution in [-0.2, 0) is 60.6 Å². The van der Waals surface area contributed by atoms with Crippen molar-refractivity contribution in [2.24, 2.45) is 17.8 Å². The fourth-order valence-electron chi connectivity index (χ4n) is 11.9. The maximum atomic E-state index is 14.9. The van der Waals surface area contributed by atoms with E-state index in [0.29, 0.717) is 44.5 Å². The summed E-state index contributed by atoms with van der Waals surface area (Å²) in [6.07, 6.45) is -5.95. The van der Waals surface area contributed by atoms with Gasteiger partial charge in [0.05, 0.1) is 53.0 Å². The van der Waals surface area contributed by atoms with Crippen LogP contribution in [-0.4, -0.2) is 215 Å². The van der Waals surface area contributed by atoms with Gasteiger partial charge in [0.25, 0.3) is 0 Å². The first-order valence-corrected chi connectivity index (χ1v) is 29.5. The lowest BCUT2D eigenvalue weighted by atomic mass is 9.77. The number of aromatic nitrogens is 3. The van der Waals surface area contributed by atoms with E-state index in [4.69, 9.17) is 33.2 Å². The lowest BCUT2D eigenvalue weighted by Crippen LogP contribution is -2.61. The van der Waals surface area contributed by atoms with Gasteiger partial charge in [0.15, 0.2) is 12.6 Å². The van der Waals surface area contributed by atoms with Gasteiger partial charge in [0, 0.05) is 70.6 Å². The van der Waals surface area contributed by atoms with Gasteiger partial charge in [-0.15, -0.1) is 5.10 Å². The van der Waals surface area contributed by atoms with Gasteiger partial charge in [-0.05, 0) is 112 Å². The first kappa shape index (κ1) is 65.0. The Morgan fingerprint density at radius 2 is 1.62 bits per heavy atom. The number of hydrogen-bond donors (Lipinski definition) is 5. The number of alkyl halides is 1. The van der Waals surface area contributed by atoms with Crippen molar-refractivity contribution in [2.75, 3.05) is 60.1 Å². The van der Waals surface area contributed by atoms with Crippen LogP contribution in [0.5, 0.6) is 0 Å². The fraction of sp³-hybridized carbons (Fsp3) is 0.836. The topological polar surface area (TPSA) is 254 Å². The molecule has 3 aliphatic rings. The number of carbonyl (C=O) groups is 1. The highest BCUT2D eigenvalue weighted by molar-refractivity contribution is 7.90. The van der Waals surface area contributed by atoms with Crippen molar-refractivity contribution < 1.29 is 76.3 Å². The zero-order valence-corrected chi connectivity index (χ0v) is 49.1. The first-order valence-electron chi connectivity index (χ1n) is 27.4. The number of aliphatic hydroxyl groups is 5. The highest BCUT2D eigenvalue weighted by atomic mass is 32.2. The smallest absolute Gasteiger partial charge is 0.311 e. The number of methoxy groups -OCH3 is 2. The molecule has 1 aromatic heterocycles. The molecule has 2 aromatic rings. The maximum Gasteiger partial charge on any atom is 0.311 e. The van der Waals surface area contributed by atoms with Crippen LogP contribution in [0.3, 0.4) is 0 Å². The zero-order chi connectivity index (χ0) is 57.5. The minimum Gasteiger partial charge on any atom is -0.459 e. The number of rotatable bonds is 19. The Kier molecular flexibility index (Phi) is 23.1. The number of ether oxygens (including phenoxy) is 7. The van der Waals surface area contributed by atoms with E-state index < -0.39 is 137 Å². The normalized spacial score (nSPS) is 38.4. The van der Waals surface area contributed by atoms with Crippen molar-refractivity contribution in [1.29, 1.82) is 0 Å². The van der Waals surface area contributed by atoms with Crippen LogP contribution in [0.4, 0.5) is 4.39 Å². The van der Waals surface area contributed by atoms with Crippen LogP contribution in [0, 0.1) is 17.8 Å². The average Bonchev–Trinajstić information content (AvgIpc) is 3.84. The molecule has 5 N–H and O–H groups in total. The molecule has 4 heterocycles. The summed E-state index contributed by atoms with van der Waals surface area (Å²) < 4.78 is 83.7. The molecule has 3 fully saturated rings.